The van der Waals surface area contributed by atoms with E-state index >= 15 is 0 Å². The molecule has 26 heavy (non-hydrogen) atoms. The molecule has 0 atom stereocenters. The third-order valence-corrected chi connectivity index (χ3v) is 2.94. The Hall–Kier alpha value is -4.02. The normalized spacial score (nSPS) is 9.42. The molecule has 0 spiro atoms. The summed E-state index contributed by atoms with van der Waals surface area (Å²) in [5, 5.41) is 37.9. The van der Waals surface area contributed by atoms with Gasteiger partial charge in [-0.25, -0.2) is 9.59 Å². The number of aromatic carboxylic acids is 2. The van der Waals surface area contributed by atoms with Crippen LogP contribution < -0.4 is 4.74 Å². The molecule has 0 aromatic heterocycles. The van der Waals surface area contributed by atoms with Gasteiger partial charge in [0, 0.05) is 12.1 Å². The summed E-state index contributed by atoms with van der Waals surface area (Å²) >= 11 is 0. The highest BCUT2D eigenvalue weighted by Crippen LogP contribution is 2.30. The van der Waals surface area contributed by atoms with Crippen LogP contribution in [0.15, 0.2) is 42.5 Å². The fraction of sp³-hybridized carbons (Fsp3) is 0.0667. The molecule has 0 radical (unpaired) electrons. The summed E-state index contributed by atoms with van der Waals surface area (Å²) in [6, 6.07) is 8.77. The van der Waals surface area contributed by atoms with Crippen molar-refractivity contribution in [3.63, 3.8) is 0 Å². The Balaban J connectivity index is 0.000000263. The van der Waals surface area contributed by atoms with Crippen LogP contribution in [0.5, 0.6) is 5.75 Å². The first kappa shape index (κ1) is 20.0. The van der Waals surface area contributed by atoms with E-state index in [9.17, 15) is 29.8 Å². The van der Waals surface area contributed by atoms with E-state index in [1.54, 1.807) is 0 Å². The van der Waals surface area contributed by atoms with Crippen LogP contribution in [0.1, 0.15) is 20.7 Å². The average molecular weight is 364 g/mol. The summed E-state index contributed by atoms with van der Waals surface area (Å²) in [5.74, 6) is -2.58. The minimum Gasteiger partial charge on any atom is -0.490 e. The molecule has 11 nitrogen and oxygen atoms in total. The van der Waals surface area contributed by atoms with Gasteiger partial charge in [0.15, 0.2) is 5.75 Å². The first-order chi connectivity index (χ1) is 12.2. The largest absolute Gasteiger partial charge is 0.490 e. The second-order valence-electron chi connectivity index (χ2n) is 4.53. The maximum absolute atomic E-state index is 10.6. The Kier molecular flexibility index (Phi) is 6.72. The van der Waals surface area contributed by atoms with Crippen molar-refractivity contribution in [2.45, 2.75) is 0 Å². The van der Waals surface area contributed by atoms with Crippen molar-refractivity contribution in [3.8, 4) is 5.75 Å². The van der Waals surface area contributed by atoms with E-state index in [1.165, 1.54) is 37.4 Å². The molecule has 0 fully saturated rings. The van der Waals surface area contributed by atoms with Crippen molar-refractivity contribution in [3.05, 3.63) is 73.8 Å². The van der Waals surface area contributed by atoms with Crippen molar-refractivity contribution in [2.75, 3.05) is 7.11 Å². The molecule has 0 aliphatic rings. The van der Waals surface area contributed by atoms with Crippen LogP contribution in [-0.2, 0) is 0 Å². The quantitative estimate of drug-likeness (QED) is 0.597. The minimum absolute atomic E-state index is 0.0603. The van der Waals surface area contributed by atoms with Gasteiger partial charge in [0.1, 0.15) is 5.56 Å². The lowest BCUT2D eigenvalue weighted by Gasteiger charge is -2.02. The van der Waals surface area contributed by atoms with Crippen LogP contribution in [0, 0.1) is 20.2 Å². The summed E-state index contributed by atoms with van der Waals surface area (Å²) < 4.78 is 4.69. The zero-order valence-corrected chi connectivity index (χ0v) is 13.2. The average Bonchev–Trinajstić information content (AvgIpc) is 2.61. The Labute approximate surface area is 145 Å². The van der Waals surface area contributed by atoms with Crippen LogP contribution in [0.25, 0.3) is 0 Å². The Morgan fingerprint density at radius 1 is 0.962 bits per heavy atom. The maximum atomic E-state index is 10.6. The van der Waals surface area contributed by atoms with E-state index in [0.717, 1.165) is 12.1 Å². The molecule has 0 saturated carbocycles. The SMILES string of the molecule is COc1cccc(C(=O)O)c1[N+](=O)[O-].O=C(O)c1cccc([N+](=O)[O-])c1. The number of non-ortho nitro benzene ring substituents is 1. The van der Waals surface area contributed by atoms with Gasteiger partial charge in [0.25, 0.3) is 5.69 Å². The molecule has 0 unspecified atom stereocenters. The van der Waals surface area contributed by atoms with E-state index in [1.807, 2.05) is 0 Å². The highest BCUT2D eigenvalue weighted by atomic mass is 16.6. The number of hydrogen-bond acceptors (Lipinski definition) is 7. The Morgan fingerprint density at radius 2 is 1.58 bits per heavy atom. The highest BCUT2D eigenvalue weighted by molar-refractivity contribution is 5.93. The van der Waals surface area contributed by atoms with Gasteiger partial charge in [0.2, 0.25) is 0 Å². The van der Waals surface area contributed by atoms with Gasteiger partial charge in [-0.1, -0.05) is 12.1 Å². The number of para-hydroxylation sites is 1. The Bertz CT molecular complexity index is 835. The molecular weight excluding hydrogens is 352 g/mol. The van der Waals surface area contributed by atoms with Crippen molar-refractivity contribution < 1.29 is 34.4 Å². The van der Waals surface area contributed by atoms with E-state index in [-0.39, 0.29) is 22.6 Å². The standard InChI is InChI=1S/C8H7NO5.C7H5NO4/c1-14-6-4-2-3-5(8(10)11)7(6)9(12)13;9-7(10)5-2-1-3-6(4-5)8(11)12/h2-4H,1H3,(H,10,11);1-4H,(H,9,10). The lowest BCUT2D eigenvalue weighted by molar-refractivity contribution is -0.386. The number of hydrogen-bond donors (Lipinski definition) is 2. The van der Waals surface area contributed by atoms with Gasteiger partial charge in [-0.2, -0.15) is 0 Å². The van der Waals surface area contributed by atoms with Crippen LogP contribution in [-0.4, -0.2) is 39.1 Å². The fourth-order valence-electron chi connectivity index (χ4n) is 1.80. The lowest BCUT2D eigenvalue weighted by atomic mass is 10.1. The van der Waals surface area contributed by atoms with Gasteiger partial charge in [-0.15, -0.1) is 0 Å². The number of benzene rings is 2. The number of methoxy groups -OCH3 is 1. The number of nitrogens with zero attached hydrogens (tertiary/aromatic N) is 2. The van der Waals surface area contributed by atoms with Crippen molar-refractivity contribution in [1.29, 1.82) is 0 Å². The third-order valence-electron chi connectivity index (χ3n) is 2.94. The van der Waals surface area contributed by atoms with Gasteiger partial charge in [-0.05, 0) is 18.2 Å². The fourth-order valence-corrected chi connectivity index (χ4v) is 1.80. The van der Waals surface area contributed by atoms with E-state index < -0.39 is 27.5 Å². The molecule has 2 aromatic carbocycles. The third kappa shape index (κ3) is 4.99. The first-order valence-electron chi connectivity index (χ1n) is 6.71. The number of carbonyl (C=O) groups is 2. The molecule has 0 bridgehead atoms. The van der Waals surface area contributed by atoms with Crippen molar-refractivity contribution in [1.82, 2.24) is 0 Å². The molecule has 2 rings (SSSR count). The van der Waals surface area contributed by atoms with Crippen LogP contribution in [0.3, 0.4) is 0 Å². The van der Waals surface area contributed by atoms with Crippen molar-refractivity contribution >= 4 is 23.3 Å². The van der Waals surface area contributed by atoms with Crippen molar-refractivity contribution in [2.24, 2.45) is 0 Å². The topological polar surface area (TPSA) is 170 Å². The zero-order valence-electron chi connectivity index (χ0n) is 13.2. The van der Waals surface area contributed by atoms with E-state index in [0.29, 0.717) is 0 Å². The molecule has 0 saturated heterocycles. The summed E-state index contributed by atoms with van der Waals surface area (Å²) in [6.45, 7) is 0. The van der Waals surface area contributed by atoms with Gasteiger partial charge < -0.3 is 14.9 Å². The zero-order chi connectivity index (χ0) is 19.9. The summed E-state index contributed by atoms with van der Waals surface area (Å²) in [4.78, 5) is 40.3. The molecule has 136 valence electrons. The highest BCUT2D eigenvalue weighted by Gasteiger charge is 2.24. The predicted octanol–water partition coefficient (Wildman–Crippen LogP) is 2.59. The second kappa shape index (κ2) is 8.73. The smallest absolute Gasteiger partial charge is 0.342 e. The second-order valence-corrected chi connectivity index (χ2v) is 4.53. The van der Waals surface area contributed by atoms with E-state index in [4.69, 9.17) is 14.9 Å². The maximum Gasteiger partial charge on any atom is 0.342 e. The van der Waals surface area contributed by atoms with Crippen LogP contribution >= 0.6 is 0 Å². The Morgan fingerprint density at radius 3 is 2.04 bits per heavy atom. The predicted molar refractivity (Wildman–Crippen MR) is 86.7 cm³/mol. The molecule has 0 aliphatic carbocycles. The number of nitro groups is 2. The van der Waals surface area contributed by atoms with Gasteiger partial charge in [0.05, 0.1) is 22.5 Å². The lowest BCUT2D eigenvalue weighted by Crippen LogP contribution is -2.04. The number of rotatable bonds is 5. The van der Waals surface area contributed by atoms with Crippen LogP contribution in [0.2, 0.25) is 0 Å². The summed E-state index contributed by atoms with van der Waals surface area (Å²) in [6.07, 6.45) is 0. The molecular formula is C15H12N2O9. The number of carboxylic acid groups (broad SMARTS) is 2. The molecule has 2 N–H and O–H groups in total. The molecule has 2 aromatic rings. The van der Waals surface area contributed by atoms with Crippen LogP contribution in [0.4, 0.5) is 11.4 Å². The number of ether oxygens (including phenoxy) is 1. The van der Waals surface area contributed by atoms with Gasteiger partial charge in [-0.3, -0.25) is 20.2 Å². The number of nitro benzene ring substituents is 2. The summed E-state index contributed by atoms with van der Waals surface area (Å²) in [7, 11) is 1.24. The molecule has 0 amide bonds. The molecule has 0 heterocycles. The first-order valence-corrected chi connectivity index (χ1v) is 6.71. The van der Waals surface area contributed by atoms with Gasteiger partial charge >= 0.3 is 17.6 Å². The van der Waals surface area contributed by atoms with E-state index in [2.05, 4.69) is 0 Å². The number of carboxylic acids is 2. The minimum atomic E-state index is -1.35. The summed E-state index contributed by atoms with van der Waals surface area (Å²) in [5.41, 5.74) is -1.20. The molecule has 0 aliphatic heterocycles. The molecule has 11 heteroatoms. The monoisotopic (exact) mass is 364 g/mol.